The molecule has 2 aliphatic heterocycles. The number of aromatic nitrogens is 2. The predicted molar refractivity (Wildman–Crippen MR) is 129 cm³/mol. The van der Waals surface area contributed by atoms with Crippen molar-refractivity contribution in [2.24, 2.45) is 17.3 Å². The van der Waals surface area contributed by atoms with Crippen molar-refractivity contribution in [1.82, 2.24) is 19.4 Å². The van der Waals surface area contributed by atoms with Gasteiger partial charge in [0.2, 0.25) is 0 Å². The maximum Gasteiger partial charge on any atom is 0.320 e. The molecule has 6 rings (SSSR count). The Kier molecular flexibility index (Phi) is 5.28. The van der Waals surface area contributed by atoms with Crippen molar-refractivity contribution in [3.05, 3.63) is 53.1 Å². The lowest BCUT2D eigenvalue weighted by Gasteiger charge is -2.54. The number of hydrogen-bond donors (Lipinski definition) is 1. The molecule has 2 aromatic rings. The molecular weight excluding hydrogens is 428 g/mol. The van der Waals surface area contributed by atoms with Gasteiger partial charge >= 0.3 is 6.03 Å². The molecule has 7 heteroatoms. The van der Waals surface area contributed by atoms with Gasteiger partial charge in [-0.1, -0.05) is 43.2 Å². The molecule has 0 bridgehead atoms. The number of carbonyl (C=O) groups excluding carboxylic acids is 1. The molecule has 4 fully saturated rings. The van der Waals surface area contributed by atoms with E-state index in [1.165, 1.54) is 12.8 Å². The van der Waals surface area contributed by atoms with Gasteiger partial charge in [0.25, 0.3) is 5.56 Å². The van der Waals surface area contributed by atoms with Crippen molar-refractivity contribution in [2.75, 3.05) is 26.2 Å². The predicted octanol–water partition coefficient (Wildman–Crippen LogP) is 3.37. The molecule has 2 amide bonds. The largest absolute Gasteiger partial charge is 0.387 e. The molecule has 1 aromatic carbocycles. The van der Waals surface area contributed by atoms with Crippen molar-refractivity contribution >= 4 is 6.03 Å². The Balaban J connectivity index is 1.19. The Labute approximate surface area is 200 Å². The van der Waals surface area contributed by atoms with Crippen molar-refractivity contribution < 1.29 is 9.90 Å². The molecule has 7 nitrogen and oxygen atoms in total. The molecule has 4 aliphatic rings. The number of amides is 2. The number of piperidine rings is 1. The quantitative estimate of drug-likeness (QED) is 0.756. The first-order valence-corrected chi connectivity index (χ1v) is 12.8. The fourth-order valence-electron chi connectivity index (χ4n) is 6.59. The smallest absolute Gasteiger partial charge is 0.320 e. The summed E-state index contributed by atoms with van der Waals surface area (Å²) in [6, 6.07) is 11.4. The van der Waals surface area contributed by atoms with E-state index in [0.717, 1.165) is 50.3 Å². The molecule has 180 valence electrons. The second kappa shape index (κ2) is 8.22. The van der Waals surface area contributed by atoms with Crippen LogP contribution in [-0.2, 0) is 6.54 Å². The summed E-state index contributed by atoms with van der Waals surface area (Å²) in [4.78, 5) is 34.7. The summed E-state index contributed by atoms with van der Waals surface area (Å²) in [5.74, 6) is 1.54. The van der Waals surface area contributed by atoms with Gasteiger partial charge in [-0.2, -0.15) is 0 Å². The number of carbonyl (C=O) groups is 1. The highest BCUT2D eigenvalue weighted by molar-refractivity contribution is 5.75. The SMILES string of the molecule is O=C(N1CC(C2CC2)C1)N1CCC(O)(Cn2cnc(-c3ccccc3)cc2=O)C2(CCCC2)C1. The van der Waals surface area contributed by atoms with E-state index in [1.807, 2.05) is 40.1 Å². The number of likely N-dealkylation sites (tertiary alicyclic amines) is 2. The van der Waals surface area contributed by atoms with Crippen LogP contribution < -0.4 is 5.56 Å². The van der Waals surface area contributed by atoms with Crippen LogP contribution in [0.2, 0.25) is 0 Å². The van der Waals surface area contributed by atoms with E-state index in [0.29, 0.717) is 31.1 Å². The first-order chi connectivity index (χ1) is 16.5. The summed E-state index contributed by atoms with van der Waals surface area (Å²) in [5.41, 5.74) is 0.00840. The lowest BCUT2D eigenvalue weighted by Crippen LogP contribution is -2.65. The van der Waals surface area contributed by atoms with Crippen LogP contribution in [0.5, 0.6) is 0 Å². The highest BCUT2D eigenvalue weighted by Gasteiger charge is 2.56. The van der Waals surface area contributed by atoms with Gasteiger partial charge in [0.1, 0.15) is 0 Å². The molecule has 3 heterocycles. The van der Waals surface area contributed by atoms with Crippen LogP contribution in [0, 0.1) is 17.3 Å². The third-order valence-electron chi connectivity index (χ3n) is 8.96. The highest BCUT2D eigenvalue weighted by atomic mass is 16.3. The molecule has 1 N–H and O–H groups in total. The number of aliphatic hydroxyl groups is 1. The van der Waals surface area contributed by atoms with E-state index in [1.54, 1.807) is 17.0 Å². The average molecular weight is 463 g/mol. The van der Waals surface area contributed by atoms with E-state index in [-0.39, 0.29) is 23.6 Å². The standard InChI is InChI=1S/C27H34N4O3/c32-24-14-23(21-6-2-1-3-7-21)28-19-31(24)18-27(34)12-13-29(17-26(27)10-4-5-11-26)25(33)30-15-22(16-30)20-8-9-20/h1-3,6-7,14,19-20,22,34H,4-5,8-13,15-18H2. The van der Waals surface area contributed by atoms with E-state index in [2.05, 4.69) is 4.98 Å². The van der Waals surface area contributed by atoms with Crippen LogP contribution in [-0.4, -0.2) is 62.3 Å². The number of urea groups is 1. The van der Waals surface area contributed by atoms with Gasteiger partial charge in [0.15, 0.2) is 0 Å². The first kappa shape index (κ1) is 21.8. The molecule has 0 radical (unpaired) electrons. The summed E-state index contributed by atoms with van der Waals surface area (Å²) in [6.07, 6.45) is 8.60. The van der Waals surface area contributed by atoms with Crippen molar-refractivity contribution in [2.45, 2.75) is 57.1 Å². The second-order valence-electron chi connectivity index (χ2n) is 11.1. The van der Waals surface area contributed by atoms with Gasteiger partial charge in [-0.3, -0.25) is 9.36 Å². The van der Waals surface area contributed by atoms with Crippen LogP contribution in [0.3, 0.4) is 0 Å². The minimum absolute atomic E-state index is 0.135. The Hall–Kier alpha value is -2.67. The third-order valence-corrected chi connectivity index (χ3v) is 8.96. The lowest BCUT2D eigenvalue weighted by atomic mass is 9.66. The number of hydrogen-bond acceptors (Lipinski definition) is 4. The normalized spacial score (nSPS) is 26.6. The highest BCUT2D eigenvalue weighted by Crippen LogP contribution is 2.52. The van der Waals surface area contributed by atoms with Crippen molar-refractivity contribution in [3.63, 3.8) is 0 Å². The number of nitrogens with zero attached hydrogens (tertiary/aromatic N) is 4. The Morgan fingerprint density at radius 1 is 1.03 bits per heavy atom. The molecule has 1 unspecified atom stereocenters. The number of benzene rings is 1. The Morgan fingerprint density at radius 2 is 1.76 bits per heavy atom. The fraction of sp³-hybridized carbons (Fsp3) is 0.593. The molecule has 34 heavy (non-hydrogen) atoms. The summed E-state index contributed by atoms with van der Waals surface area (Å²) >= 11 is 0. The minimum Gasteiger partial charge on any atom is -0.387 e. The molecule has 1 spiro atoms. The van der Waals surface area contributed by atoms with Gasteiger partial charge in [-0.05, 0) is 43.9 Å². The Morgan fingerprint density at radius 3 is 2.44 bits per heavy atom. The fourth-order valence-corrected chi connectivity index (χ4v) is 6.59. The van der Waals surface area contributed by atoms with E-state index < -0.39 is 5.60 Å². The van der Waals surface area contributed by atoms with E-state index in [9.17, 15) is 14.7 Å². The zero-order chi connectivity index (χ0) is 23.3. The van der Waals surface area contributed by atoms with Crippen LogP contribution in [0.15, 0.2) is 47.5 Å². The molecule has 1 aromatic heterocycles. The monoisotopic (exact) mass is 462 g/mol. The Bertz CT molecular complexity index is 1120. The molecule has 2 saturated carbocycles. The summed E-state index contributed by atoms with van der Waals surface area (Å²) in [5, 5.41) is 12.0. The third kappa shape index (κ3) is 3.74. The lowest BCUT2D eigenvalue weighted by molar-refractivity contribution is -0.137. The summed E-state index contributed by atoms with van der Waals surface area (Å²) < 4.78 is 1.56. The average Bonchev–Trinajstić information content (AvgIpc) is 3.53. The topological polar surface area (TPSA) is 78.7 Å². The second-order valence-corrected chi connectivity index (χ2v) is 11.1. The van der Waals surface area contributed by atoms with Crippen LogP contribution in [0.4, 0.5) is 4.79 Å². The zero-order valence-electron chi connectivity index (χ0n) is 19.7. The van der Waals surface area contributed by atoms with Crippen molar-refractivity contribution in [3.8, 4) is 11.3 Å². The molecular formula is C27H34N4O3. The zero-order valence-corrected chi connectivity index (χ0v) is 19.7. The van der Waals surface area contributed by atoms with Crippen LogP contribution >= 0.6 is 0 Å². The van der Waals surface area contributed by atoms with E-state index >= 15 is 0 Å². The van der Waals surface area contributed by atoms with Crippen LogP contribution in [0.25, 0.3) is 11.3 Å². The molecule has 1 atom stereocenters. The maximum atomic E-state index is 13.2. The van der Waals surface area contributed by atoms with Gasteiger partial charge in [0.05, 0.1) is 24.2 Å². The first-order valence-electron chi connectivity index (χ1n) is 12.8. The van der Waals surface area contributed by atoms with Gasteiger partial charge in [0, 0.05) is 43.2 Å². The molecule has 2 aliphatic carbocycles. The van der Waals surface area contributed by atoms with Gasteiger partial charge < -0.3 is 14.9 Å². The van der Waals surface area contributed by atoms with E-state index in [4.69, 9.17) is 0 Å². The number of rotatable bonds is 4. The van der Waals surface area contributed by atoms with Crippen LogP contribution in [0.1, 0.15) is 44.9 Å². The van der Waals surface area contributed by atoms with Gasteiger partial charge in [-0.15, -0.1) is 0 Å². The maximum absolute atomic E-state index is 13.2. The summed E-state index contributed by atoms with van der Waals surface area (Å²) in [7, 11) is 0. The molecule has 2 saturated heterocycles. The van der Waals surface area contributed by atoms with Gasteiger partial charge in [-0.25, -0.2) is 9.78 Å². The van der Waals surface area contributed by atoms with Crippen molar-refractivity contribution in [1.29, 1.82) is 0 Å². The minimum atomic E-state index is -1.02. The summed E-state index contributed by atoms with van der Waals surface area (Å²) in [6.45, 7) is 3.13.